The Morgan fingerprint density at radius 1 is 0.778 bits per heavy atom. The van der Waals surface area contributed by atoms with E-state index in [0.29, 0.717) is 23.9 Å². The molecule has 0 heterocycles. The number of hydrogen-bond donors (Lipinski definition) is 0. The molecule has 4 aliphatic carbocycles. The van der Waals surface area contributed by atoms with Crippen LogP contribution in [0.15, 0.2) is 0 Å². The second-order valence-electron chi connectivity index (χ2n) is 10.7. The molecule has 0 spiro atoms. The van der Waals surface area contributed by atoms with Gasteiger partial charge in [0, 0.05) is 12.1 Å². The maximum atomic E-state index is 13.6. The molecule has 0 saturated heterocycles. The van der Waals surface area contributed by atoms with E-state index in [4.69, 9.17) is 4.74 Å². The van der Waals surface area contributed by atoms with Crippen LogP contribution < -0.4 is 0 Å². The van der Waals surface area contributed by atoms with Crippen LogP contribution in [0.5, 0.6) is 0 Å². The maximum absolute atomic E-state index is 13.6. The molecule has 27 heavy (non-hydrogen) atoms. The Hall–Kier alpha value is -0.730. The molecule has 4 rings (SSSR count). The summed E-state index contributed by atoms with van der Waals surface area (Å²) in [6.45, 7) is 4.73. The van der Waals surface area contributed by atoms with E-state index in [1.165, 1.54) is 77.0 Å². The van der Waals surface area contributed by atoms with Crippen LogP contribution in [0.1, 0.15) is 110 Å². The molecular formula is C24H41NO2. The van der Waals surface area contributed by atoms with Crippen LogP contribution in [-0.4, -0.2) is 28.7 Å². The van der Waals surface area contributed by atoms with E-state index in [2.05, 4.69) is 18.7 Å². The van der Waals surface area contributed by atoms with E-state index in [1.807, 2.05) is 0 Å². The quantitative estimate of drug-likeness (QED) is 0.549. The minimum atomic E-state index is -0.168. The van der Waals surface area contributed by atoms with Crippen molar-refractivity contribution in [3.05, 3.63) is 0 Å². The first kappa shape index (κ1) is 19.6. The molecule has 3 heteroatoms. The number of hydrogen-bond acceptors (Lipinski definition) is 2. The van der Waals surface area contributed by atoms with Gasteiger partial charge in [0.05, 0.1) is 0 Å². The summed E-state index contributed by atoms with van der Waals surface area (Å²) in [5.74, 6) is 2.16. The van der Waals surface area contributed by atoms with Gasteiger partial charge in [-0.2, -0.15) is 0 Å². The lowest BCUT2D eigenvalue weighted by Gasteiger charge is -2.50. The van der Waals surface area contributed by atoms with Gasteiger partial charge in [0.15, 0.2) is 0 Å². The van der Waals surface area contributed by atoms with Crippen LogP contribution in [0, 0.1) is 17.8 Å². The maximum Gasteiger partial charge on any atom is 0.410 e. The first-order valence-corrected chi connectivity index (χ1v) is 12.1. The third kappa shape index (κ3) is 4.48. The molecule has 2 atom stereocenters. The van der Waals surface area contributed by atoms with E-state index in [1.54, 1.807) is 0 Å². The molecule has 0 aromatic rings. The van der Waals surface area contributed by atoms with Gasteiger partial charge in [0.2, 0.25) is 0 Å². The highest BCUT2D eigenvalue weighted by Gasteiger charge is 2.48. The Bertz CT molecular complexity index is 469. The van der Waals surface area contributed by atoms with Crippen molar-refractivity contribution in [1.29, 1.82) is 0 Å². The van der Waals surface area contributed by atoms with Crippen LogP contribution >= 0.6 is 0 Å². The van der Waals surface area contributed by atoms with Gasteiger partial charge in [-0.15, -0.1) is 0 Å². The monoisotopic (exact) mass is 375 g/mol. The van der Waals surface area contributed by atoms with E-state index in [0.717, 1.165) is 25.2 Å². The van der Waals surface area contributed by atoms with Gasteiger partial charge >= 0.3 is 6.09 Å². The molecule has 2 bridgehead atoms. The Balaban J connectivity index is 1.51. The molecule has 4 aliphatic rings. The summed E-state index contributed by atoms with van der Waals surface area (Å²) in [5.41, 5.74) is -0.168. The Morgan fingerprint density at radius 2 is 1.26 bits per heavy atom. The van der Waals surface area contributed by atoms with Gasteiger partial charge in [0.1, 0.15) is 5.60 Å². The SMILES string of the molecule is CC1CC2CC(C)CC(OC(=O)N(C3CCCCC3)C3CCCCC3)(C1)C2. The lowest BCUT2D eigenvalue weighted by Crippen LogP contribution is -2.54. The Kier molecular flexibility index (Phi) is 6.04. The summed E-state index contributed by atoms with van der Waals surface area (Å²) >= 11 is 0. The first-order chi connectivity index (χ1) is 13.0. The van der Waals surface area contributed by atoms with Gasteiger partial charge in [-0.3, -0.25) is 0 Å². The van der Waals surface area contributed by atoms with Gasteiger partial charge in [-0.25, -0.2) is 4.79 Å². The molecule has 0 N–H and O–H groups in total. The standard InChI is InChI=1S/C24H41NO2/c1-18-13-20-14-19(2)16-24(15-18,17-20)27-23(26)25(21-9-5-3-6-10-21)22-11-7-4-8-12-22/h18-22H,3-17H2,1-2H3. The molecule has 0 aromatic carbocycles. The highest BCUT2D eigenvalue weighted by Crippen LogP contribution is 2.49. The van der Waals surface area contributed by atoms with Crippen molar-refractivity contribution in [1.82, 2.24) is 4.90 Å². The molecular weight excluding hydrogens is 334 g/mol. The van der Waals surface area contributed by atoms with Crippen LogP contribution in [-0.2, 0) is 4.74 Å². The van der Waals surface area contributed by atoms with Crippen molar-refractivity contribution in [2.45, 2.75) is 128 Å². The molecule has 2 unspecified atom stereocenters. The minimum Gasteiger partial charge on any atom is -0.443 e. The van der Waals surface area contributed by atoms with Crippen molar-refractivity contribution in [2.24, 2.45) is 17.8 Å². The van der Waals surface area contributed by atoms with Crippen molar-refractivity contribution in [3.8, 4) is 0 Å². The number of nitrogens with zero attached hydrogens (tertiary/aromatic N) is 1. The van der Waals surface area contributed by atoms with Crippen LogP contribution in [0.4, 0.5) is 4.79 Å². The molecule has 0 radical (unpaired) electrons. The number of fused-ring (bicyclic) bond motifs is 2. The second kappa shape index (κ2) is 8.33. The average Bonchev–Trinajstić information content (AvgIpc) is 2.62. The first-order valence-electron chi connectivity index (χ1n) is 12.1. The molecule has 4 fully saturated rings. The highest BCUT2D eigenvalue weighted by atomic mass is 16.6. The second-order valence-corrected chi connectivity index (χ2v) is 10.7. The van der Waals surface area contributed by atoms with E-state index in [-0.39, 0.29) is 11.7 Å². The van der Waals surface area contributed by atoms with Crippen molar-refractivity contribution >= 4 is 6.09 Å². The van der Waals surface area contributed by atoms with Crippen LogP contribution in [0.25, 0.3) is 0 Å². The number of rotatable bonds is 3. The zero-order valence-electron chi connectivity index (χ0n) is 17.8. The van der Waals surface area contributed by atoms with E-state index in [9.17, 15) is 4.79 Å². The highest BCUT2D eigenvalue weighted by molar-refractivity contribution is 5.69. The predicted molar refractivity (Wildman–Crippen MR) is 110 cm³/mol. The predicted octanol–water partition coefficient (Wildman–Crippen LogP) is 6.70. The Morgan fingerprint density at radius 3 is 1.74 bits per heavy atom. The van der Waals surface area contributed by atoms with Crippen LogP contribution in [0.2, 0.25) is 0 Å². The summed E-state index contributed by atoms with van der Waals surface area (Å²) in [6, 6.07) is 0.868. The van der Waals surface area contributed by atoms with Crippen molar-refractivity contribution < 1.29 is 9.53 Å². The summed E-state index contributed by atoms with van der Waals surface area (Å²) in [7, 11) is 0. The van der Waals surface area contributed by atoms with Crippen molar-refractivity contribution in [2.75, 3.05) is 0 Å². The number of carbonyl (C=O) groups excluding carboxylic acids is 1. The van der Waals surface area contributed by atoms with Gasteiger partial charge < -0.3 is 9.64 Å². The average molecular weight is 376 g/mol. The zero-order chi connectivity index (χ0) is 18.9. The van der Waals surface area contributed by atoms with E-state index < -0.39 is 0 Å². The molecule has 3 nitrogen and oxygen atoms in total. The lowest BCUT2D eigenvalue weighted by molar-refractivity contribution is -0.103. The largest absolute Gasteiger partial charge is 0.443 e. The summed E-state index contributed by atoms with van der Waals surface area (Å²) < 4.78 is 6.55. The normalized spacial score (nSPS) is 38.4. The van der Waals surface area contributed by atoms with Crippen LogP contribution in [0.3, 0.4) is 0 Å². The topological polar surface area (TPSA) is 29.5 Å². The molecule has 154 valence electrons. The fourth-order valence-corrected chi connectivity index (χ4v) is 7.29. The smallest absolute Gasteiger partial charge is 0.410 e. The number of carbonyl (C=O) groups is 1. The third-order valence-corrected chi connectivity index (χ3v) is 8.02. The number of amides is 1. The van der Waals surface area contributed by atoms with Crippen molar-refractivity contribution in [3.63, 3.8) is 0 Å². The zero-order valence-corrected chi connectivity index (χ0v) is 17.8. The summed E-state index contributed by atoms with van der Waals surface area (Å²) in [6.07, 6.45) is 18.6. The van der Waals surface area contributed by atoms with Gasteiger partial charge in [0.25, 0.3) is 0 Å². The fraction of sp³-hybridized carbons (Fsp3) is 0.958. The Labute approximate surface area is 166 Å². The summed E-state index contributed by atoms with van der Waals surface area (Å²) in [4.78, 5) is 15.9. The lowest BCUT2D eigenvalue weighted by atomic mass is 9.63. The molecule has 0 aliphatic heterocycles. The fourth-order valence-electron chi connectivity index (χ4n) is 7.29. The summed E-state index contributed by atoms with van der Waals surface area (Å²) in [5, 5.41) is 0. The molecule has 4 saturated carbocycles. The van der Waals surface area contributed by atoms with Gasteiger partial charge in [-0.1, -0.05) is 52.4 Å². The molecule has 1 amide bonds. The minimum absolute atomic E-state index is 0.0516. The van der Waals surface area contributed by atoms with Gasteiger partial charge in [-0.05, 0) is 75.5 Å². The third-order valence-electron chi connectivity index (χ3n) is 8.02. The molecule has 0 aromatic heterocycles. The van der Waals surface area contributed by atoms with E-state index >= 15 is 0 Å². The number of ether oxygens (including phenoxy) is 1.